The summed E-state index contributed by atoms with van der Waals surface area (Å²) in [4.78, 5) is 31.3. The second-order valence-corrected chi connectivity index (χ2v) is 42.7. The van der Waals surface area contributed by atoms with E-state index in [1.807, 2.05) is 91.0 Å². The third-order valence-corrected chi connectivity index (χ3v) is 25.5. The van der Waals surface area contributed by atoms with Crippen LogP contribution in [0.4, 0.5) is 0 Å². The van der Waals surface area contributed by atoms with Gasteiger partial charge in [-0.15, -0.1) is 0 Å². The van der Waals surface area contributed by atoms with Gasteiger partial charge in [0.1, 0.15) is 34.5 Å². The Morgan fingerprint density at radius 2 is 0.467 bits per heavy atom. The maximum Gasteiger partial charge on any atom is 0.530 e. The van der Waals surface area contributed by atoms with Crippen LogP contribution in [-0.4, -0.2) is 65.4 Å². The molecule has 0 fully saturated rings. The van der Waals surface area contributed by atoms with Crippen molar-refractivity contribution in [2.75, 3.05) is 19.8 Å². The molecule has 19 heteroatoms. The molecule has 680 valence electrons. The molecule has 0 saturated heterocycles. The lowest BCUT2D eigenvalue weighted by molar-refractivity contribution is -0.162. The van der Waals surface area contributed by atoms with Crippen LogP contribution in [0, 0.1) is 5.41 Å². The van der Waals surface area contributed by atoms with Crippen LogP contribution in [-0.2, 0) is 36.8 Å². The van der Waals surface area contributed by atoms with Crippen LogP contribution in [0.25, 0.3) is 0 Å². The molecule has 15 nitrogen and oxygen atoms in total. The molecule has 0 spiro atoms. The normalized spacial score (nSPS) is 12.4. The number of benzene rings is 6. The lowest BCUT2D eigenvalue weighted by Crippen LogP contribution is -2.55. The van der Waals surface area contributed by atoms with Crippen LogP contribution >= 0.6 is 34.4 Å². The van der Waals surface area contributed by atoms with Crippen molar-refractivity contribution < 1.29 is 71.5 Å². The van der Waals surface area contributed by atoms with Gasteiger partial charge in [0.15, 0.2) is 0 Å². The van der Waals surface area contributed by atoms with Crippen LogP contribution < -0.4 is 27.1 Å². The van der Waals surface area contributed by atoms with Crippen LogP contribution in [0.1, 0.15) is 390 Å². The van der Waals surface area contributed by atoms with Crippen molar-refractivity contribution >= 4 is 34.4 Å². The average Bonchev–Trinajstić information content (AvgIpc) is 0.810. The Hall–Kier alpha value is -4.52. The first-order valence-corrected chi connectivity index (χ1v) is 50.1. The van der Waals surface area contributed by atoms with E-state index in [0.717, 1.165) is 59.6 Å². The summed E-state index contributed by atoms with van der Waals surface area (Å²) in [6, 6.07) is 48.2. The lowest BCUT2D eigenvalue weighted by atomic mass is 9.68. The molecule has 0 atom stereocenters. The Morgan fingerprint density at radius 3 is 0.650 bits per heavy atom. The number of rotatable bonds is 52. The molecule has 120 heavy (non-hydrogen) atoms. The number of hydrogen-bond donors (Lipinski definition) is 8. The second kappa shape index (κ2) is 58.0. The summed E-state index contributed by atoms with van der Waals surface area (Å²) in [7, 11) is -8.70. The summed E-state index contributed by atoms with van der Waals surface area (Å²) in [6.07, 6.45) is 43.0. The molecule has 8 N–H and O–H groups in total. The van der Waals surface area contributed by atoms with E-state index in [1.54, 1.807) is 0 Å². The molecular weight excluding hydrogens is 1580 g/mol. The van der Waals surface area contributed by atoms with Crippen LogP contribution in [0.15, 0.2) is 146 Å². The molecule has 0 radical (unpaired) electrons. The number of para-hydroxylation sites is 3. The summed E-state index contributed by atoms with van der Waals surface area (Å²) >= 11 is 0. The summed E-state index contributed by atoms with van der Waals surface area (Å²) in [5, 5.41) is 42.0. The van der Waals surface area contributed by atoms with E-state index in [4.69, 9.17) is 46.7 Å². The first kappa shape index (κ1) is 110. The molecular formula is C101H166O15P4. The van der Waals surface area contributed by atoms with E-state index >= 15 is 0 Å². The van der Waals surface area contributed by atoms with Gasteiger partial charge in [0.05, 0.1) is 30.8 Å². The van der Waals surface area contributed by atoms with Gasteiger partial charge >= 0.3 is 34.4 Å². The first-order chi connectivity index (χ1) is 56.7. The summed E-state index contributed by atoms with van der Waals surface area (Å²) < 4.78 is 41.8. The van der Waals surface area contributed by atoms with Crippen molar-refractivity contribution in [3.63, 3.8) is 0 Å². The summed E-state index contributed by atoms with van der Waals surface area (Å²) in [5.41, 5.74) is 4.41. The predicted octanol–water partition coefficient (Wildman–Crippen LogP) is 30.1. The van der Waals surface area contributed by atoms with Gasteiger partial charge in [-0.1, -0.05) is 435 Å². The number of unbranched alkanes of at least 4 members (excludes halogenated alkanes) is 30. The van der Waals surface area contributed by atoms with Crippen molar-refractivity contribution in [2.45, 2.75) is 395 Å². The van der Waals surface area contributed by atoms with E-state index in [2.05, 4.69) is 197 Å². The molecule has 0 saturated carbocycles. The zero-order chi connectivity index (χ0) is 89.3. The fourth-order valence-corrected chi connectivity index (χ4v) is 16.9. The van der Waals surface area contributed by atoms with Crippen LogP contribution in [0.2, 0.25) is 0 Å². The highest BCUT2D eigenvalue weighted by Crippen LogP contribution is 2.52. The van der Waals surface area contributed by atoms with E-state index in [1.165, 1.54) is 196 Å². The van der Waals surface area contributed by atoms with Gasteiger partial charge in [0.2, 0.25) is 0 Å². The Labute approximate surface area is 735 Å². The molecule has 0 bridgehead atoms. The minimum absolute atomic E-state index is 0.0170. The third-order valence-electron chi connectivity index (χ3n) is 22.2. The molecule has 6 rings (SSSR count). The van der Waals surface area contributed by atoms with Crippen molar-refractivity contribution in [3.05, 3.63) is 179 Å². The molecule has 0 amide bonds. The molecule has 6 aromatic carbocycles. The number of aliphatic hydroxyl groups is 4. The highest BCUT2D eigenvalue weighted by atomic mass is 31.2. The van der Waals surface area contributed by atoms with Crippen molar-refractivity contribution in [1.82, 2.24) is 0 Å². The average molecular weight is 1740 g/mol. The third kappa shape index (κ3) is 45.1. The van der Waals surface area contributed by atoms with Gasteiger partial charge in [-0.2, -0.15) is 0 Å². The Kier molecular flexibility index (Phi) is 53.0. The van der Waals surface area contributed by atoms with E-state index in [9.17, 15) is 20.4 Å². The minimum Gasteiger partial charge on any atom is -0.409 e. The second-order valence-electron chi connectivity index (χ2n) is 39.0. The zero-order valence-corrected chi connectivity index (χ0v) is 81.8. The Bertz CT molecular complexity index is 3240. The highest BCUT2D eigenvalue weighted by molar-refractivity contribution is 7.53. The SMILES string of the molecule is CC(C)(C)c1ccc(OP(Oc2ccc(C(C)(C)C)cc2C(C)(C)C)Oc2ccc(C(C)(C)C)cc2C(C)(C)C)c(C(C)(C)C)c1.CCCCCCCCCCCCCCCCCCC(O)(CCCCCCCCCCCCCCCCCC)C(CO)(CO)CO.OP(O)OP(O)O.c1ccc(OP(Oc2ccccc2)Oc2ccccc2)cc1. The fraction of sp³-hybridized carbons (Fsp3) is 0.644. The topological polar surface area (TPSA) is 226 Å². The standard InChI is InChI=1S/C42H63O3P.C41H84O4.C18H15O3P.H4O5P2/c1-37(2,3)28-19-22-34(31(25-28)40(10,11)12)43-46(44-35-23-20-29(38(4,5)6)26-32(35)41(13,14)15)45-36-24-21-30(39(7,8)9)27-33(36)42(16,17)18;1-3-5-7-9-11-13-15-17-19-21-23-25-27-29-31-33-35-41(45,40(37-42,38-43)39-44)36-34-32-30-28-26-24-22-20-18-16-14-12-10-8-6-4-2;1-4-10-16(11-5-1)19-22(20-17-12-6-2-7-13-17)21-18-14-8-3-9-15-18;1-6(2)5-7(3)4/h19-27H,1-18H3;42-45H,3-39H2,1-2H3;1-15H;1-4H. The van der Waals surface area contributed by atoms with E-state index in [0.29, 0.717) is 30.1 Å². The Balaban J connectivity index is 0.000000468. The van der Waals surface area contributed by atoms with Gasteiger partial charge in [0.25, 0.3) is 0 Å². The van der Waals surface area contributed by atoms with E-state index < -0.39 is 45.4 Å². The van der Waals surface area contributed by atoms with Crippen LogP contribution in [0.3, 0.4) is 0 Å². The fourth-order valence-electron chi connectivity index (χ4n) is 14.3. The quantitative estimate of drug-likeness (QED) is 0.0131. The zero-order valence-electron chi connectivity index (χ0n) is 78.2. The number of hydrogen-bond acceptors (Lipinski definition) is 15. The maximum absolute atomic E-state index is 11.7. The predicted molar refractivity (Wildman–Crippen MR) is 509 cm³/mol. The highest BCUT2D eigenvalue weighted by Gasteiger charge is 2.49. The molecule has 0 unspecified atom stereocenters. The molecule has 6 aromatic rings. The van der Waals surface area contributed by atoms with Gasteiger partial charge in [-0.25, -0.2) is 4.31 Å². The van der Waals surface area contributed by atoms with Crippen molar-refractivity contribution in [2.24, 2.45) is 5.41 Å². The molecule has 0 aliphatic heterocycles. The molecule has 0 aliphatic carbocycles. The molecule has 0 aliphatic rings. The van der Waals surface area contributed by atoms with Crippen LogP contribution in [0.5, 0.6) is 34.5 Å². The first-order valence-electron chi connectivity index (χ1n) is 45.5. The lowest BCUT2D eigenvalue weighted by Gasteiger charge is -2.44. The maximum atomic E-state index is 11.7. The molecule has 0 heterocycles. The monoisotopic (exact) mass is 1740 g/mol. The minimum atomic E-state index is -2.61. The van der Waals surface area contributed by atoms with Gasteiger partial charge in [-0.3, -0.25) is 0 Å². The summed E-state index contributed by atoms with van der Waals surface area (Å²) in [6.45, 7) is 43.8. The number of aliphatic hydroxyl groups excluding tert-OH is 3. The largest absolute Gasteiger partial charge is 0.530 e. The van der Waals surface area contributed by atoms with E-state index in [-0.39, 0.29) is 52.3 Å². The van der Waals surface area contributed by atoms with Crippen molar-refractivity contribution in [1.29, 1.82) is 0 Å². The van der Waals surface area contributed by atoms with Gasteiger partial charge in [0, 0.05) is 16.7 Å². The van der Waals surface area contributed by atoms with Gasteiger partial charge < -0.3 is 67.1 Å². The van der Waals surface area contributed by atoms with Crippen molar-refractivity contribution in [3.8, 4) is 34.5 Å². The smallest absolute Gasteiger partial charge is 0.409 e. The molecule has 0 aromatic heterocycles. The summed E-state index contributed by atoms with van der Waals surface area (Å²) in [5.74, 6) is 4.50. The van der Waals surface area contributed by atoms with Gasteiger partial charge in [-0.05, 0) is 117 Å². The Morgan fingerprint density at radius 1 is 0.258 bits per heavy atom.